The van der Waals surface area contributed by atoms with Crippen LogP contribution in [0.25, 0.3) is 0 Å². The molecule has 0 radical (unpaired) electrons. The van der Waals surface area contributed by atoms with E-state index in [2.05, 4.69) is 30.1 Å². The van der Waals surface area contributed by atoms with E-state index in [1.54, 1.807) is 11.3 Å². The van der Waals surface area contributed by atoms with Gasteiger partial charge in [-0.05, 0) is 24.7 Å². The van der Waals surface area contributed by atoms with Gasteiger partial charge in [-0.15, -0.1) is 11.3 Å². The molecule has 1 heterocycles. The lowest BCUT2D eigenvalue weighted by molar-refractivity contribution is 0.535. The molecular weight excluding hydrogens is 248 g/mol. The maximum absolute atomic E-state index is 8.78. The van der Waals surface area contributed by atoms with Crippen molar-refractivity contribution < 1.29 is 0 Å². The number of hydrogen-bond donors (Lipinski definition) is 1. The lowest BCUT2D eigenvalue weighted by Crippen LogP contribution is -2.33. The minimum Gasteiger partial charge on any atom is -0.308 e. The number of thioether (sulfide) groups is 1. The monoisotopic (exact) mass is 266 g/mol. The molecule has 0 spiro atoms. The van der Waals surface area contributed by atoms with E-state index >= 15 is 0 Å². The lowest BCUT2D eigenvalue weighted by atomic mass is 10.2. The van der Waals surface area contributed by atoms with Gasteiger partial charge in [-0.3, -0.25) is 0 Å². The third-order valence-electron chi connectivity index (χ3n) is 3.15. The van der Waals surface area contributed by atoms with Crippen LogP contribution < -0.4 is 5.32 Å². The minimum atomic E-state index is 0.660. The summed E-state index contributed by atoms with van der Waals surface area (Å²) in [6.45, 7) is 3.15. The second-order valence-electron chi connectivity index (χ2n) is 4.33. The molecule has 2 unspecified atom stereocenters. The first-order chi connectivity index (χ1) is 8.33. The zero-order chi connectivity index (χ0) is 12.1. The first kappa shape index (κ1) is 12.9. The second kappa shape index (κ2) is 6.44. The Morgan fingerprint density at radius 1 is 1.59 bits per heavy atom. The fourth-order valence-corrected chi connectivity index (χ4v) is 4.32. The SMILES string of the molecule is CCSC1CCCC1NCc1cc(C#N)cs1. The van der Waals surface area contributed by atoms with Gasteiger partial charge >= 0.3 is 0 Å². The molecule has 17 heavy (non-hydrogen) atoms. The topological polar surface area (TPSA) is 35.8 Å². The minimum absolute atomic E-state index is 0.660. The predicted molar refractivity (Wildman–Crippen MR) is 75.4 cm³/mol. The molecule has 1 aromatic rings. The first-order valence-electron chi connectivity index (χ1n) is 6.16. The van der Waals surface area contributed by atoms with Crippen molar-refractivity contribution in [3.05, 3.63) is 21.9 Å². The van der Waals surface area contributed by atoms with Crippen LogP contribution in [0.15, 0.2) is 11.4 Å². The Morgan fingerprint density at radius 3 is 3.18 bits per heavy atom. The van der Waals surface area contributed by atoms with Gasteiger partial charge in [0.1, 0.15) is 6.07 Å². The van der Waals surface area contributed by atoms with Crippen molar-refractivity contribution in [2.24, 2.45) is 0 Å². The fourth-order valence-electron chi connectivity index (χ4n) is 2.34. The van der Waals surface area contributed by atoms with Crippen LogP contribution in [0, 0.1) is 11.3 Å². The molecule has 1 aliphatic rings. The smallest absolute Gasteiger partial charge is 0.100 e. The summed E-state index contributed by atoms with van der Waals surface area (Å²) < 4.78 is 0. The standard InChI is InChI=1S/C13H18N2S2/c1-2-16-13-5-3-4-12(13)15-8-11-6-10(7-14)9-17-11/h6,9,12-13,15H,2-5,8H2,1H3. The molecule has 92 valence electrons. The summed E-state index contributed by atoms with van der Waals surface area (Å²) in [7, 11) is 0. The van der Waals surface area contributed by atoms with Gasteiger partial charge in [0.05, 0.1) is 5.56 Å². The largest absolute Gasteiger partial charge is 0.308 e. The molecule has 1 N–H and O–H groups in total. The van der Waals surface area contributed by atoms with Crippen LogP contribution in [0.3, 0.4) is 0 Å². The Bertz CT molecular complexity index is 394. The number of nitrogens with one attached hydrogen (secondary N) is 1. The van der Waals surface area contributed by atoms with Crippen molar-refractivity contribution in [3.63, 3.8) is 0 Å². The van der Waals surface area contributed by atoms with Crippen LogP contribution >= 0.6 is 23.1 Å². The van der Waals surface area contributed by atoms with E-state index in [0.29, 0.717) is 6.04 Å². The highest BCUT2D eigenvalue weighted by atomic mass is 32.2. The molecule has 2 nitrogen and oxygen atoms in total. The van der Waals surface area contributed by atoms with Gasteiger partial charge in [-0.25, -0.2) is 0 Å². The second-order valence-corrected chi connectivity index (χ2v) is 6.84. The maximum atomic E-state index is 8.78. The summed E-state index contributed by atoms with van der Waals surface area (Å²) in [5.74, 6) is 1.21. The van der Waals surface area contributed by atoms with E-state index < -0.39 is 0 Å². The third-order valence-corrected chi connectivity index (χ3v) is 5.42. The highest BCUT2D eigenvalue weighted by Crippen LogP contribution is 2.30. The average Bonchev–Trinajstić information content (AvgIpc) is 2.95. The van der Waals surface area contributed by atoms with E-state index in [1.807, 2.05) is 11.4 Å². The number of hydrogen-bond acceptors (Lipinski definition) is 4. The molecule has 1 fully saturated rings. The van der Waals surface area contributed by atoms with Gasteiger partial charge < -0.3 is 5.32 Å². The molecule has 0 saturated heterocycles. The number of rotatable bonds is 5. The number of nitrogens with zero attached hydrogens (tertiary/aromatic N) is 1. The number of thiophene rings is 1. The highest BCUT2D eigenvalue weighted by Gasteiger charge is 2.26. The maximum Gasteiger partial charge on any atom is 0.100 e. The zero-order valence-corrected chi connectivity index (χ0v) is 11.7. The average molecular weight is 266 g/mol. The van der Waals surface area contributed by atoms with Crippen LogP contribution in [0.5, 0.6) is 0 Å². The molecule has 2 rings (SSSR count). The zero-order valence-electron chi connectivity index (χ0n) is 10.1. The van der Waals surface area contributed by atoms with E-state index in [0.717, 1.165) is 17.4 Å². The Morgan fingerprint density at radius 2 is 2.47 bits per heavy atom. The normalized spacial score (nSPS) is 23.8. The van der Waals surface area contributed by atoms with Crippen molar-refractivity contribution in [1.29, 1.82) is 5.26 Å². The summed E-state index contributed by atoms with van der Waals surface area (Å²) in [5, 5.41) is 15.1. The first-order valence-corrected chi connectivity index (χ1v) is 8.08. The van der Waals surface area contributed by atoms with Crippen LogP contribution in [-0.2, 0) is 6.54 Å². The number of nitriles is 1. The molecule has 1 saturated carbocycles. The Labute approximate surface area is 111 Å². The molecule has 0 aliphatic heterocycles. The van der Waals surface area contributed by atoms with Gasteiger partial charge in [0.15, 0.2) is 0 Å². The summed E-state index contributed by atoms with van der Waals surface area (Å²) in [6.07, 6.45) is 4.00. The lowest BCUT2D eigenvalue weighted by Gasteiger charge is -2.19. The quantitative estimate of drug-likeness (QED) is 0.887. The van der Waals surface area contributed by atoms with Crippen LogP contribution in [0.1, 0.15) is 36.6 Å². The molecule has 2 atom stereocenters. The Balaban J connectivity index is 1.83. The Kier molecular flexibility index (Phi) is 4.90. The van der Waals surface area contributed by atoms with Crippen LogP contribution in [0.2, 0.25) is 0 Å². The van der Waals surface area contributed by atoms with Gasteiger partial charge in [0.25, 0.3) is 0 Å². The van der Waals surface area contributed by atoms with Crippen molar-refractivity contribution in [3.8, 4) is 6.07 Å². The molecule has 0 bridgehead atoms. The van der Waals surface area contributed by atoms with E-state index in [9.17, 15) is 0 Å². The molecular formula is C13H18N2S2. The molecule has 4 heteroatoms. The van der Waals surface area contributed by atoms with Crippen LogP contribution in [0.4, 0.5) is 0 Å². The van der Waals surface area contributed by atoms with Gasteiger partial charge in [0.2, 0.25) is 0 Å². The third kappa shape index (κ3) is 3.48. The Hall–Kier alpha value is -0.500. The molecule has 0 amide bonds. The van der Waals surface area contributed by atoms with Crippen molar-refractivity contribution in [2.45, 2.75) is 44.0 Å². The summed E-state index contributed by atoms with van der Waals surface area (Å²) >= 11 is 3.76. The van der Waals surface area contributed by atoms with Gasteiger partial charge in [-0.1, -0.05) is 13.3 Å². The van der Waals surface area contributed by atoms with E-state index in [4.69, 9.17) is 5.26 Å². The van der Waals surface area contributed by atoms with Crippen molar-refractivity contribution >= 4 is 23.1 Å². The molecule has 1 aliphatic carbocycles. The fraction of sp³-hybridized carbons (Fsp3) is 0.615. The van der Waals surface area contributed by atoms with Crippen LogP contribution in [-0.4, -0.2) is 17.0 Å². The van der Waals surface area contributed by atoms with E-state index in [-0.39, 0.29) is 0 Å². The van der Waals surface area contributed by atoms with Gasteiger partial charge in [0, 0.05) is 28.1 Å². The summed E-state index contributed by atoms with van der Waals surface area (Å²) in [4.78, 5) is 1.27. The molecule has 1 aromatic heterocycles. The predicted octanol–water partition coefficient (Wildman–Crippen LogP) is 3.38. The van der Waals surface area contributed by atoms with E-state index in [1.165, 1.54) is 29.9 Å². The highest BCUT2D eigenvalue weighted by molar-refractivity contribution is 7.99. The van der Waals surface area contributed by atoms with Gasteiger partial charge in [-0.2, -0.15) is 17.0 Å². The molecule has 0 aromatic carbocycles. The summed E-state index contributed by atoms with van der Waals surface area (Å²) in [5.41, 5.74) is 0.790. The van der Waals surface area contributed by atoms with Crippen molar-refractivity contribution in [2.75, 3.05) is 5.75 Å². The summed E-state index contributed by atoms with van der Waals surface area (Å²) in [6, 6.07) is 4.84. The van der Waals surface area contributed by atoms with Crippen molar-refractivity contribution in [1.82, 2.24) is 5.32 Å².